The van der Waals surface area contributed by atoms with E-state index in [2.05, 4.69) is 110 Å². The van der Waals surface area contributed by atoms with E-state index in [0.717, 1.165) is 6.42 Å². The van der Waals surface area contributed by atoms with E-state index in [1.54, 1.807) is 5.19 Å². The maximum atomic E-state index is 7.11. The van der Waals surface area contributed by atoms with Gasteiger partial charge in [0.1, 0.15) is 0 Å². The van der Waals surface area contributed by atoms with Crippen LogP contribution in [0.3, 0.4) is 0 Å². The predicted octanol–water partition coefficient (Wildman–Crippen LogP) is 7.54. The van der Waals surface area contributed by atoms with Gasteiger partial charge in [-0.2, -0.15) is 0 Å². The Morgan fingerprint density at radius 1 is 1.00 bits per heavy atom. The van der Waals surface area contributed by atoms with Gasteiger partial charge in [-0.25, -0.2) is 0 Å². The molecule has 1 rings (SSSR count). The van der Waals surface area contributed by atoms with Crippen LogP contribution >= 0.6 is 0 Å². The van der Waals surface area contributed by atoms with Gasteiger partial charge in [-0.05, 0) is 30.5 Å². The zero-order valence-electron chi connectivity index (χ0n) is 19.7. The fourth-order valence-corrected chi connectivity index (χ4v) is 10.5. The molecule has 3 heteroatoms. The van der Waals surface area contributed by atoms with Gasteiger partial charge in [-0.1, -0.05) is 101 Å². The van der Waals surface area contributed by atoms with Gasteiger partial charge < -0.3 is 4.43 Å². The van der Waals surface area contributed by atoms with E-state index < -0.39 is 16.4 Å². The minimum absolute atomic E-state index is 0.198. The molecule has 0 aliphatic heterocycles. The maximum Gasteiger partial charge on any atom is 0.192 e. The van der Waals surface area contributed by atoms with Crippen molar-refractivity contribution in [1.29, 1.82) is 0 Å². The summed E-state index contributed by atoms with van der Waals surface area (Å²) in [6, 6.07) is 13.6. The Hall–Kier alpha value is -0.906. The van der Waals surface area contributed by atoms with Crippen LogP contribution in [0.4, 0.5) is 0 Å². The van der Waals surface area contributed by atoms with Crippen molar-refractivity contribution in [2.45, 2.75) is 89.8 Å². The summed E-state index contributed by atoms with van der Waals surface area (Å²) in [7, 11) is -3.70. The van der Waals surface area contributed by atoms with Crippen molar-refractivity contribution in [3.63, 3.8) is 0 Å². The number of allylic oxidation sites excluding steroid dienone is 1. The normalized spacial score (nSPS) is 16.3. The molecule has 0 radical (unpaired) electrons. The van der Waals surface area contributed by atoms with E-state index in [-0.39, 0.29) is 11.1 Å². The lowest BCUT2D eigenvalue weighted by molar-refractivity contribution is 0.160. The van der Waals surface area contributed by atoms with Gasteiger partial charge in [0.2, 0.25) is 0 Å². The molecule has 0 spiro atoms. The zero-order chi connectivity index (χ0) is 21.6. The molecule has 0 aromatic heterocycles. The molecule has 1 nitrogen and oxygen atoms in total. The molecule has 0 saturated heterocycles. The summed E-state index contributed by atoms with van der Waals surface area (Å²) in [6.07, 6.45) is 5.54. The fraction of sp³-hybridized carbons (Fsp3) is 0.600. The molecule has 28 heavy (non-hydrogen) atoms. The summed E-state index contributed by atoms with van der Waals surface area (Å²) < 4.78 is 7.11. The summed E-state index contributed by atoms with van der Waals surface area (Å²) in [5.41, 5.74) is 0.404. The Balaban J connectivity index is 3.48. The Labute approximate surface area is 177 Å². The molecule has 1 aromatic rings. The Bertz CT molecular complexity index is 611. The van der Waals surface area contributed by atoms with Gasteiger partial charge in [0.15, 0.2) is 8.32 Å². The van der Waals surface area contributed by atoms with Crippen LogP contribution in [-0.2, 0) is 4.43 Å². The number of benzene rings is 1. The third-order valence-electron chi connectivity index (χ3n) is 7.16. The first-order valence-electron chi connectivity index (χ1n) is 11.0. The quantitative estimate of drug-likeness (QED) is 0.267. The molecule has 1 aromatic carbocycles. The van der Waals surface area contributed by atoms with Crippen molar-refractivity contribution >= 4 is 21.6 Å². The van der Waals surface area contributed by atoms with E-state index in [4.69, 9.17) is 4.43 Å². The molecule has 0 heterocycles. The summed E-state index contributed by atoms with van der Waals surface area (Å²) in [6.45, 7) is 27.1. The third kappa shape index (κ3) is 5.58. The summed E-state index contributed by atoms with van der Waals surface area (Å²) >= 11 is 0. The van der Waals surface area contributed by atoms with E-state index in [1.165, 1.54) is 12.1 Å². The van der Waals surface area contributed by atoms with E-state index in [1.807, 2.05) is 0 Å². The van der Waals surface area contributed by atoms with Gasteiger partial charge in [-0.15, -0.1) is 13.2 Å². The maximum absolute atomic E-state index is 7.11. The lowest BCUT2D eigenvalue weighted by Crippen LogP contribution is -2.56. The van der Waals surface area contributed by atoms with E-state index in [0.29, 0.717) is 11.5 Å². The predicted molar refractivity (Wildman–Crippen MR) is 133 cm³/mol. The molecule has 0 aliphatic rings. The summed E-state index contributed by atoms with van der Waals surface area (Å²) in [5.74, 6) is 0.438. The van der Waals surface area contributed by atoms with Gasteiger partial charge in [0.25, 0.3) is 0 Å². The summed E-state index contributed by atoms with van der Waals surface area (Å²) in [4.78, 5) is 0. The SMILES string of the molecule is C=CC(C)C[C@H](O[Si](C)(C)C(C)(C)C)[C@H](C=C)[Si](CC)(CC)c1ccccc1. The van der Waals surface area contributed by atoms with Crippen LogP contribution in [0.5, 0.6) is 0 Å². The van der Waals surface area contributed by atoms with Crippen LogP contribution in [-0.4, -0.2) is 22.5 Å². The van der Waals surface area contributed by atoms with Crippen molar-refractivity contribution in [3.05, 3.63) is 55.6 Å². The highest BCUT2D eigenvalue weighted by molar-refractivity contribution is 6.93. The first-order chi connectivity index (χ1) is 13.0. The second-order valence-corrected chi connectivity index (χ2v) is 19.6. The molecule has 0 bridgehead atoms. The van der Waals surface area contributed by atoms with Gasteiger partial charge in [0, 0.05) is 11.6 Å². The lowest BCUT2D eigenvalue weighted by Gasteiger charge is -2.46. The fourth-order valence-electron chi connectivity index (χ4n) is 4.11. The van der Waals surface area contributed by atoms with Crippen molar-refractivity contribution in [3.8, 4) is 0 Å². The summed E-state index contributed by atoms with van der Waals surface area (Å²) in [5, 5.41) is 1.74. The van der Waals surface area contributed by atoms with E-state index >= 15 is 0 Å². The molecule has 0 N–H and O–H groups in total. The smallest absolute Gasteiger partial charge is 0.192 e. The van der Waals surface area contributed by atoms with Gasteiger partial charge in [-0.3, -0.25) is 0 Å². The average Bonchev–Trinajstić information content (AvgIpc) is 2.65. The molecular formula is C25H44OSi2. The monoisotopic (exact) mass is 416 g/mol. The van der Waals surface area contributed by atoms with Gasteiger partial charge in [0.05, 0.1) is 8.07 Å². The van der Waals surface area contributed by atoms with Crippen LogP contribution in [0.2, 0.25) is 35.8 Å². The Morgan fingerprint density at radius 2 is 1.54 bits per heavy atom. The average molecular weight is 417 g/mol. The third-order valence-corrected chi connectivity index (χ3v) is 17.6. The molecule has 158 valence electrons. The molecule has 3 atom stereocenters. The second kappa shape index (κ2) is 10.2. The van der Waals surface area contributed by atoms with Crippen molar-refractivity contribution in [2.24, 2.45) is 5.92 Å². The first kappa shape index (κ1) is 25.1. The van der Waals surface area contributed by atoms with Crippen molar-refractivity contribution in [2.75, 3.05) is 0 Å². The molecule has 0 saturated carbocycles. The van der Waals surface area contributed by atoms with Gasteiger partial charge >= 0.3 is 0 Å². The highest BCUT2D eigenvalue weighted by Crippen LogP contribution is 2.43. The number of hydrogen-bond acceptors (Lipinski definition) is 1. The van der Waals surface area contributed by atoms with Crippen LogP contribution in [0.25, 0.3) is 0 Å². The van der Waals surface area contributed by atoms with Crippen LogP contribution < -0.4 is 5.19 Å². The van der Waals surface area contributed by atoms with E-state index in [9.17, 15) is 0 Å². The number of rotatable bonds is 11. The highest BCUT2D eigenvalue weighted by atomic mass is 28.4. The Morgan fingerprint density at radius 3 is 1.93 bits per heavy atom. The standard InChI is InChI=1S/C25H44OSi2/c1-11-21(5)20-23(26-27(9,10)25(6,7)8)24(12-2)28(13-3,14-4)22-18-16-15-17-19-22/h11-12,15-19,21,23-24H,1-2,13-14,20H2,3-10H3/t21?,23-,24-/m0/s1. The van der Waals surface area contributed by atoms with Crippen LogP contribution in [0.15, 0.2) is 55.6 Å². The van der Waals surface area contributed by atoms with Crippen molar-refractivity contribution < 1.29 is 4.43 Å². The molecule has 0 aliphatic carbocycles. The Kier molecular flexibility index (Phi) is 9.17. The largest absolute Gasteiger partial charge is 0.414 e. The molecule has 0 fully saturated rings. The lowest BCUT2D eigenvalue weighted by atomic mass is 10.0. The van der Waals surface area contributed by atoms with Crippen LogP contribution in [0.1, 0.15) is 48.0 Å². The molecule has 1 unspecified atom stereocenters. The highest BCUT2D eigenvalue weighted by Gasteiger charge is 2.46. The zero-order valence-corrected chi connectivity index (χ0v) is 21.7. The second-order valence-electron chi connectivity index (χ2n) is 9.86. The minimum atomic E-state index is -1.89. The molecule has 0 amide bonds. The topological polar surface area (TPSA) is 9.23 Å². The van der Waals surface area contributed by atoms with Crippen LogP contribution in [0, 0.1) is 5.92 Å². The first-order valence-corrected chi connectivity index (χ1v) is 16.4. The molecular weight excluding hydrogens is 372 g/mol. The number of hydrogen-bond donors (Lipinski definition) is 0. The minimum Gasteiger partial charge on any atom is -0.414 e. The van der Waals surface area contributed by atoms with Crippen molar-refractivity contribution in [1.82, 2.24) is 0 Å².